The molecule has 0 spiro atoms. The third-order valence-corrected chi connectivity index (χ3v) is 9.49. The average molecular weight is 551 g/mol. The Morgan fingerprint density at radius 3 is 2.38 bits per heavy atom. The molecule has 0 unspecified atom stereocenters. The van der Waals surface area contributed by atoms with Crippen molar-refractivity contribution in [3.05, 3.63) is 89.2 Å². The van der Waals surface area contributed by atoms with Crippen LogP contribution < -0.4 is 4.90 Å². The second-order valence-electron chi connectivity index (χ2n) is 9.97. The standard InChI is InChI=1S/C29H28F2N4O3S/c30-25-16-26(31)28(15-22(25)17-32)39(37,38)35-14-13-27(35)29(36)34(24-9-5-2-6-10-24)19-23-12-11-21(18-33-23)20-7-3-1-4-8-20/h2,5-6,9-12,15-16,18,20,27H,1,3-4,7-8,13-14,19H2/t27-/m1/s1. The first kappa shape index (κ1) is 26.9. The van der Waals surface area contributed by atoms with Gasteiger partial charge in [0.05, 0.1) is 17.8 Å². The van der Waals surface area contributed by atoms with E-state index >= 15 is 0 Å². The number of amides is 1. The molecule has 1 amide bonds. The predicted molar refractivity (Wildman–Crippen MR) is 141 cm³/mol. The number of anilines is 1. The molecule has 1 aliphatic heterocycles. The Balaban J connectivity index is 1.40. The van der Waals surface area contributed by atoms with Crippen LogP contribution in [0.25, 0.3) is 0 Å². The van der Waals surface area contributed by atoms with Crippen LogP contribution in [0.15, 0.2) is 65.7 Å². The van der Waals surface area contributed by atoms with Crippen molar-refractivity contribution in [1.82, 2.24) is 9.29 Å². The van der Waals surface area contributed by atoms with E-state index in [-0.39, 0.29) is 19.5 Å². The molecule has 1 saturated carbocycles. The minimum absolute atomic E-state index is 0.00555. The zero-order valence-electron chi connectivity index (χ0n) is 21.3. The molecule has 1 aliphatic carbocycles. The van der Waals surface area contributed by atoms with Gasteiger partial charge in [0.15, 0.2) is 0 Å². The molecular formula is C29H28F2N4O3S. The number of pyridine rings is 1. The lowest BCUT2D eigenvalue weighted by molar-refractivity contribution is -0.125. The molecule has 5 rings (SSSR count). The molecule has 2 fully saturated rings. The minimum Gasteiger partial charge on any atom is -0.305 e. The number of hydrogen-bond donors (Lipinski definition) is 0. The summed E-state index contributed by atoms with van der Waals surface area (Å²) >= 11 is 0. The van der Waals surface area contributed by atoms with E-state index in [2.05, 4.69) is 11.1 Å². The van der Waals surface area contributed by atoms with E-state index in [1.165, 1.54) is 35.8 Å². The van der Waals surface area contributed by atoms with E-state index in [0.717, 1.165) is 17.1 Å². The van der Waals surface area contributed by atoms with Crippen LogP contribution in [0.4, 0.5) is 14.5 Å². The molecule has 3 aromatic rings. The van der Waals surface area contributed by atoms with Gasteiger partial charge in [-0.05, 0) is 55.0 Å². The number of halogens is 2. The Kier molecular flexibility index (Phi) is 7.73. The number of rotatable bonds is 7. The molecule has 0 bridgehead atoms. The number of carbonyl (C=O) groups is 1. The summed E-state index contributed by atoms with van der Waals surface area (Å²) in [6.07, 6.45) is 8.08. The first-order valence-corrected chi connectivity index (χ1v) is 14.5. The molecule has 0 radical (unpaired) electrons. The van der Waals surface area contributed by atoms with Crippen molar-refractivity contribution in [3.8, 4) is 6.07 Å². The SMILES string of the molecule is N#Cc1cc(S(=O)(=O)N2CC[C@@H]2C(=O)N(Cc2ccc(C3CCCCC3)cn2)c2ccccc2)c(F)cc1F. The normalized spacial score (nSPS) is 18.2. The van der Waals surface area contributed by atoms with Crippen molar-refractivity contribution in [3.63, 3.8) is 0 Å². The highest BCUT2D eigenvalue weighted by Crippen LogP contribution is 2.34. The quantitative estimate of drug-likeness (QED) is 0.399. The fourth-order valence-corrected chi connectivity index (χ4v) is 6.99. The fourth-order valence-electron chi connectivity index (χ4n) is 5.29. The highest BCUT2D eigenvalue weighted by molar-refractivity contribution is 7.89. The molecule has 202 valence electrons. The summed E-state index contributed by atoms with van der Waals surface area (Å²) in [5.74, 6) is -2.44. The van der Waals surface area contributed by atoms with Crippen LogP contribution in [-0.2, 0) is 21.4 Å². The maximum Gasteiger partial charge on any atom is 0.246 e. The monoisotopic (exact) mass is 550 g/mol. The van der Waals surface area contributed by atoms with Gasteiger partial charge in [0.1, 0.15) is 28.6 Å². The van der Waals surface area contributed by atoms with Gasteiger partial charge >= 0.3 is 0 Å². The third-order valence-electron chi connectivity index (χ3n) is 7.56. The predicted octanol–water partition coefficient (Wildman–Crippen LogP) is 5.28. The smallest absolute Gasteiger partial charge is 0.246 e. The molecule has 2 aromatic carbocycles. The van der Waals surface area contributed by atoms with Crippen molar-refractivity contribution >= 4 is 21.6 Å². The van der Waals surface area contributed by atoms with E-state index in [4.69, 9.17) is 5.26 Å². The number of nitriles is 1. The van der Waals surface area contributed by atoms with Gasteiger partial charge in [0.2, 0.25) is 15.9 Å². The van der Waals surface area contributed by atoms with Gasteiger partial charge in [-0.1, -0.05) is 43.5 Å². The Bertz CT molecular complexity index is 1500. The number of aromatic nitrogens is 1. The number of hydrogen-bond acceptors (Lipinski definition) is 5. The lowest BCUT2D eigenvalue weighted by Gasteiger charge is -2.41. The van der Waals surface area contributed by atoms with Gasteiger partial charge in [-0.15, -0.1) is 0 Å². The van der Waals surface area contributed by atoms with E-state index in [1.807, 2.05) is 18.3 Å². The Morgan fingerprint density at radius 1 is 1.03 bits per heavy atom. The zero-order chi connectivity index (χ0) is 27.6. The summed E-state index contributed by atoms with van der Waals surface area (Å²) in [7, 11) is -4.51. The molecular weight excluding hydrogens is 522 g/mol. The number of sulfonamides is 1. The second kappa shape index (κ2) is 11.2. The zero-order valence-corrected chi connectivity index (χ0v) is 22.1. The van der Waals surface area contributed by atoms with Crippen LogP contribution in [0.2, 0.25) is 0 Å². The maximum absolute atomic E-state index is 14.5. The summed E-state index contributed by atoms with van der Waals surface area (Å²) in [6.45, 7) is 0.121. The van der Waals surface area contributed by atoms with Crippen LogP contribution in [0.5, 0.6) is 0 Å². The van der Waals surface area contributed by atoms with Gasteiger partial charge in [-0.3, -0.25) is 9.78 Å². The van der Waals surface area contributed by atoms with E-state index < -0.39 is 44.1 Å². The van der Waals surface area contributed by atoms with Gasteiger partial charge in [-0.2, -0.15) is 9.57 Å². The summed E-state index contributed by atoms with van der Waals surface area (Å²) < 4.78 is 55.9. The lowest BCUT2D eigenvalue weighted by Crippen LogP contribution is -2.59. The largest absolute Gasteiger partial charge is 0.305 e. The van der Waals surface area contributed by atoms with E-state index in [0.29, 0.717) is 29.4 Å². The number of carbonyl (C=O) groups excluding carboxylic acids is 1. The molecule has 2 heterocycles. The lowest BCUT2D eigenvalue weighted by atomic mass is 9.85. The van der Waals surface area contributed by atoms with Crippen LogP contribution >= 0.6 is 0 Å². The van der Waals surface area contributed by atoms with Crippen LogP contribution in [-0.4, -0.2) is 36.2 Å². The van der Waals surface area contributed by atoms with E-state index in [9.17, 15) is 22.0 Å². The van der Waals surface area contributed by atoms with Crippen molar-refractivity contribution in [2.75, 3.05) is 11.4 Å². The van der Waals surface area contributed by atoms with Gasteiger partial charge in [0.25, 0.3) is 0 Å². The first-order chi connectivity index (χ1) is 18.8. The molecule has 0 N–H and O–H groups in total. The molecule has 10 heteroatoms. The van der Waals surface area contributed by atoms with Gasteiger partial charge in [-0.25, -0.2) is 17.2 Å². The van der Waals surface area contributed by atoms with Crippen molar-refractivity contribution in [2.24, 2.45) is 0 Å². The van der Waals surface area contributed by atoms with Crippen LogP contribution in [0.1, 0.15) is 61.3 Å². The Morgan fingerprint density at radius 2 is 1.77 bits per heavy atom. The summed E-state index contributed by atoms with van der Waals surface area (Å²) in [5.41, 5.74) is 1.82. The highest BCUT2D eigenvalue weighted by atomic mass is 32.2. The summed E-state index contributed by atoms with van der Waals surface area (Å²) in [5, 5.41) is 9.09. The third kappa shape index (κ3) is 5.42. The van der Waals surface area contributed by atoms with Crippen LogP contribution in [0.3, 0.4) is 0 Å². The maximum atomic E-state index is 14.5. The fraction of sp³-hybridized carbons (Fsp3) is 0.345. The number of benzene rings is 2. The topological polar surface area (TPSA) is 94.4 Å². The molecule has 39 heavy (non-hydrogen) atoms. The van der Waals surface area contributed by atoms with Gasteiger partial charge in [0, 0.05) is 24.5 Å². The van der Waals surface area contributed by atoms with Gasteiger partial charge < -0.3 is 4.90 Å². The summed E-state index contributed by atoms with van der Waals surface area (Å²) in [6, 6.07) is 14.3. The molecule has 1 aromatic heterocycles. The molecule has 1 atom stereocenters. The van der Waals surface area contributed by atoms with Crippen molar-refractivity contribution in [2.45, 2.75) is 61.9 Å². The van der Waals surface area contributed by atoms with Crippen molar-refractivity contribution in [1.29, 1.82) is 5.26 Å². The van der Waals surface area contributed by atoms with Crippen LogP contribution in [0, 0.1) is 23.0 Å². The first-order valence-electron chi connectivity index (χ1n) is 13.0. The summed E-state index contributed by atoms with van der Waals surface area (Å²) in [4.78, 5) is 19.1. The second-order valence-corrected chi connectivity index (χ2v) is 11.8. The van der Waals surface area contributed by atoms with E-state index in [1.54, 1.807) is 24.3 Å². The molecule has 2 aliphatic rings. The number of para-hydroxylation sites is 1. The molecule has 1 saturated heterocycles. The Hall–Kier alpha value is -3.68. The Labute approximate surface area is 226 Å². The average Bonchev–Trinajstić information content (AvgIpc) is 2.92. The minimum atomic E-state index is -4.51. The molecule has 7 nitrogen and oxygen atoms in total. The van der Waals surface area contributed by atoms with Crippen molar-refractivity contribution < 1.29 is 22.0 Å². The highest BCUT2D eigenvalue weighted by Gasteiger charge is 2.45. The number of nitrogens with zero attached hydrogens (tertiary/aromatic N) is 4.